The third kappa shape index (κ3) is 6.00. The molecule has 7 heteroatoms. The lowest BCUT2D eigenvalue weighted by molar-refractivity contribution is -0.113. The molecule has 5 nitrogen and oxygen atoms in total. The van der Waals surface area contributed by atoms with Crippen molar-refractivity contribution in [3.63, 3.8) is 0 Å². The van der Waals surface area contributed by atoms with Crippen molar-refractivity contribution in [2.45, 2.75) is 23.2 Å². The maximum atomic E-state index is 12.2. The normalized spacial score (nSPS) is 10.6. The predicted octanol–water partition coefficient (Wildman–Crippen LogP) is 4.63. The molecular formula is C21H22N4OS2. The number of nitrogens with one attached hydrogen (secondary N) is 1. The summed E-state index contributed by atoms with van der Waals surface area (Å²) in [5.41, 5.74) is 2.08. The summed E-state index contributed by atoms with van der Waals surface area (Å²) in [5.74, 6) is 2.79. The van der Waals surface area contributed by atoms with Crippen molar-refractivity contribution in [2.75, 3.05) is 11.1 Å². The van der Waals surface area contributed by atoms with Gasteiger partial charge in [-0.25, -0.2) is 0 Å². The van der Waals surface area contributed by atoms with Gasteiger partial charge in [0.2, 0.25) is 5.91 Å². The minimum absolute atomic E-state index is 0.0654. The number of carbonyl (C=O) groups excluding carboxylic acids is 1. The molecule has 1 heterocycles. The van der Waals surface area contributed by atoms with E-state index in [-0.39, 0.29) is 11.7 Å². The Hall–Kier alpha value is -2.51. The number of carbonyl (C=O) groups is 1. The summed E-state index contributed by atoms with van der Waals surface area (Å²) in [5, 5.41) is 12.2. The number of rotatable bonds is 10. The predicted molar refractivity (Wildman–Crippen MR) is 117 cm³/mol. The molecule has 3 rings (SSSR count). The number of aromatic nitrogens is 3. The summed E-state index contributed by atoms with van der Waals surface area (Å²) in [6, 6.07) is 19.8. The lowest BCUT2D eigenvalue weighted by Crippen LogP contribution is -2.14. The number of thioether (sulfide) groups is 2. The van der Waals surface area contributed by atoms with Crippen LogP contribution in [0.1, 0.15) is 11.4 Å². The molecule has 1 N–H and O–H groups in total. The molecule has 0 bridgehead atoms. The van der Waals surface area contributed by atoms with E-state index in [9.17, 15) is 4.79 Å². The van der Waals surface area contributed by atoms with Gasteiger partial charge in [-0.15, -0.1) is 28.5 Å². The number of anilines is 1. The van der Waals surface area contributed by atoms with Crippen LogP contribution in [-0.2, 0) is 22.8 Å². The second kappa shape index (κ2) is 10.7. The summed E-state index contributed by atoms with van der Waals surface area (Å²) >= 11 is 3.18. The molecule has 0 saturated carbocycles. The highest BCUT2D eigenvalue weighted by Crippen LogP contribution is 2.22. The van der Waals surface area contributed by atoms with E-state index in [1.165, 1.54) is 17.3 Å². The van der Waals surface area contributed by atoms with E-state index in [4.69, 9.17) is 0 Å². The van der Waals surface area contributed by atoms with Crippen LogP contribution in [0.4, 0.5) is 5.69 Å². The Kier molecular flexibility index (Phi) is 7.75. The minimum atomic E-state index is -0.0654. The maximum Gasteiger partial charge on any atom is 0.234 e. The average Bonchev–Trinajstić information content (AvgIpc) is 3.10. The number of hydrogen-bond acceptors (Lipinski definition) is 5. The van der Waals surface area contributed by atoms with Crippen molar-refractivity contribution in [1.29, 1.82) is 0 Å². The number of para-hydroxylation sites is 1. The Morgan fingerprint density at radius 1 is 1.04 bits per heavy atom. The van der Waals surface area contributed by atoms with Crippen molar-refractivity contribution in [3.8, 4) is 0 Å². The molecule has 0 aliphatic carbocycles. The van der Waals surface area contributed by atoms with Gasteiger partial charge in [-0.05, 0) is 17.7 Å². The first-order valence-corrected chi connectivity index (χ1v) is 11.0. The summed E-state index contributed by atoms with van der Waals surface area (Å²) in [6.07, 6.45) is 1.82. The second-order valence-electron chi connectivity index (χ2n) is 5.98. The van der Waals surface area contributed by atoms with Crippen molar-refractivity contribution >= 4 is 35.1 Å². The van der Waals surface area contributed by atoms with Crippen molar-refractivity contribution < 1.29 is 4.79 Å². The highest BCUT2D eigenvalue weighted by molar-refractivity contribution is 7.99. The monoisotopic (exact) mass is 410 g/mol. The Labute approximate surface area is 173 Å². The fourth-order valence-corrected chi connectivity index (χ4v) is 4.22. The smallest absolute Gasteiger partial charge is 0.234 e. The molecule has 0 fully saturated rings. The fraction of sp³-hybridized carbons (Fsp3) is 0.190. The van der Waals surface area contributed by atoms with E-state index in [0.29, 0.717) is 6.54 Å². The molecule has 1 aromatic heterocycles. The topological polar surface area (TPSA) is 59.8 Å². The van der Waals surface area contributed by atoms with Crippen molar-refractivity contribution in [3.05, 3.63) is 84.7 Å². The first-order valence-electron chi connectivity index (χ1n) is 8.88. The molecule has 144 valence electrons. The van der Waals surface area contributed by atoms with Gasteiger partial charge in [-0.3, -0.25) is 4.79 Å². The number of amides is 1. The molecule has 1 amide bonds. The lowest BCUT2D eigenvalue weighted by atomic mass is 10.2. The van der Waals surface area contributed by atoms with Gasteiger partial charge in [0.1, 0.15) is 5.82 Å². The standard InChI is InChI=1S/C21H22N4OS2/c1-2-13-25-19(15-27-14-17-9-5-3-6-10-17)23-24-21(25)28-16-20(26)22-18-11-7-4-8-12-18/h2-12H,1,13-16H2,(H,22,26). The SMILES string of the molecule is C=CCn1c(CSCc2ccccc2)nnc1SCC(=O)Nc1ccccc1. The minimum Gasteiger partial charge on any atom is -0.325 e. The third-order valence-corrected chi connectivity index (χ3v) is 5.80. The molecule has 0 spiro atoms. The van der Waals surface area contributed by atoms with Gasteiger partial charge in [0.05, 0.1) is 11.5 Å². The van der Waals surface area contributed by atoms with Crippen LogP contribution in [0.5, 0.6) is 0 Å². The average molecular weight is 411 g/mol. The van der Waals surface area contributed by atoms with Gasteiger partial charge < -0.3 is 9.88 Å². The van der Waals surface area contributed by atoms with E-state index in [0.717, 1.165) is 28.2 Å². The summed E-state index contributed by atoms with van der Waals surface area (Å²) in [4.78, 5) is 12.2. The molecule has 2 aromatic carbocycles. The quantitative estimate of drug-likeness (QED) is 0.390. The van der Waals surface area contributed by atoms with Crippen LogP contribution in [-0.4, -0.2) is 26.4 Å². The first-order chi connectivity index (χ1) is 13.8. The molecular weight excluding hydrogens is 388 g/mol. The maximum absolute atomic E-state index is 12.2. The largest absolute Gasteiger partial charge is 0.325 e. The van der Waals surface area contributed by atoms with Crippen LogP contribution in [0.2, 0.25) is 0 Å². The molecule has 0 radical (unpaired) electrons. The van der Waals surface area contributed by atoms with Crippen molar-refractivity contribution in [1.82, 2.24) is 14.8 Å². The van der Waals surface area contributed by atoms with Gasteiger partial charge in [-0.1, -0.05) is 66.4 Å². The van der Waals surface area contributed by atoms with Crippen LogP contribution in [0.15, 0.2) is 78.5 Å². The zero-order valence-corrected chi connectivity index (χ0v) is 17.1. The van der Waals surface area contributed by atoms with Gasteiger partial charge in [0, 0.05) is 18.0 Å². The first kappa shape index (κ1) is 20.2. The van der Waals surface area contributed by atoms with Crippen LogP contribution in [0.25, 0.3) is 0 Å². The van der Waals surface area contributed by atoms with Gasteiger partial charge in [0.25, 0.3) is 0 Å². The van der Waals surface area contributed by atoms with Crippen LogP contribution >= 0.6 is 23.5 Å². The highest BCUT2D eigenvalue weighted by atomic mass is 32.2. The van der Waals surface area contributed by atoms with Crippen molar-refractivity contribution in [2.24, 2.45) is 0 Å². The number of hydrogen-bond donors (Lipinski definition) is 1. The molecule has 0 saturated heterocycles. The van der Waals surface area contributed by atoms with E-state index >= 15 is 0 Å². The molecule has 0 atom stereocenters. The zero-order valence-electron chi connectivity index (χ0n) is 15.5. The fourth-order valence-electron chi connectivity index (χ4n) is 2.53. The van der Waals surface area contributed by atoms with Crippen LogP contribution in [0.3, 0.4) is 0 Å². The molecule has 3 aromatic rings. The van der Waals surface area contributed by atoms with Gasteiger partial charge in [0.15, 0.2) is 5.16 Å². The summed E-state index contributed by atoms with van der Waals surface area (Å²) < 4.78 is 2.02. The molecule has 0 unspecified atom stereocenters. The Balaban J connectivity index is 1.55. The van der Waals surface area contributed by atoms with Crippen LogP contribution in [0, 0.1) is 0 Å². The Bertz CT molecular complexity index is 897. The Morgan fingerprint density at radius 2 is 1.75 bits per heavy atom. The van der Waals surface area contributed by atoms with Gasteiger partial charge in [-0.2, -0.15) is 0 Å². The number of nitrogens with zero attached hydrogens (tertiary/aromatic N) is 3. The molecule has 0 aliphatic heterocycles. The summed E-state index contributed by atoms with van der Waals surface area (Å²) in [6.45, 7) is 4.45. The molecule has 28 heavy (non-hydrogen) atoms. The van der Waals surface area contributed by atoms with E-state index in [2.05, 4.69) is 34.2 Å². The van der Waals surface area contributed by atoms with Crippen LogP contribution < -0.4 is 5.32 Å². The number of benzene rings is 2. The van der Waals surface area contributed by atoms with E-state index in [1.54, 1.807) is 11.8 Å². The molecule has 0 aliphatic rings. The zero-order chi connectivity index (χ0) is 19.6. The number of allylic oxidation sites excluding steroid dienone is 1. The van der Waals surface area contributed by atoms with E-state index in [1.807, 2.05) is 59.2 Å². The lowest BCUT2D eigenvalue weighted by Gasteiger charge is -2.08. The summed E-state index contributed by atoms with van der Waals surface area (Å²) in [7, 11) is 0. The van der Waals surface area contributed by atoms with E-state index < -0.39 is 0 Å². The Morgan fingerprint density at radius 3 is 2.46 bits per heavy atom. The second-order valence-corrected chi connectivity index (χ2v) is 7.91. The highest BCUT2D eigenvalue weighted by Gasteiger charge is 2.13. The third-order valence-electron chi connectivity index (χ3n) is 3.84. The van der Waals surface area contributed by atoms with Gasteiger partial charge >= 0.3 is 0 Å².